The van der Waals surface area contributed by atoms with Crippen LogP contribution in [0.2, 0.25) is 0 Å². The summed E-state index contributed by atoms with van der Waals surface area (Å²) in [4.78, 5) is 2.28. The molecular weight excluding hydrogens is 112 g/mol. The summed E-state index contributed by atoms with van der Waals surface area (Å²) in [5.41, 5.74) is 0. The van der Waals surface area contributed by atoms with Gasteiger partial charge in [-0.1, -0.05) is 13.3 Å². The van der Waals surface area contributed by atoms with Crippen molar-refractivity contribution in [3.63, 3.8) is 0 Å². The van der Waals surface area contributed by atoms with E-state index < -0.39 is 0 Å². The zero-order chi connectivity index (χ0) is 7.11. The summed E-state index contributed by atoms with van der Waals surface area (Å²) in [7, 11) is 4.11. The molecule has 0 aromatic heterocycles. The van der Waals surface area contributed by atoms with E-state index in [4.69, 9.17) is 0 Å². The standard InChI is InChI=1S/C7H18N2/c1-4-5-6-9(3)7-8-2/h8H,4-7H2,1-3H3. The third-order valence-electron chi connectivity index (χ3n) is 1.32. The van der Waals surface area contributed by atoms with E-state index in [0.717, 1.165) is 6.67 Å². The van der Waals surface area contributed by atoms with E-state index in [9.17, 15) is 0 Å². The van der Waals surface area contributed by atoms with Gasteiger partial charge in [-0.05, 0) is 27.1 Å². The number of hydrogen-bond acceptors (Lipinski definition) is 2. The Balaban J connectivity index is 2.95. The molecule has 0 heterocycles. The van der Waals surface area contributed by atoms with Gasteiger partial charge in [0.1, 0.15) is 0 Å². The molecule has 2 nitrogen and oxygen atoms in total. The minimum absolute atomic E-state index is 1.00. The molecule has 0 aromatic carbocycles. The van der Waals surface area contributed by atoms with Crippen LogP contribution in [-0.4, -0.2) is 32.2 Å². The average Bonchev–Trinajstić information content (AvgIpc) is 1.85. The first-order valence-electron chi connectivity index (χ1n) is 3.64. The minimum atomic E-state index is 1.00. The molecule has 2 heteroatoms. The Morgan fingerprint density at radius 1 is 1.44 bits per heavy atom. The first kappa shape index (κ1) is 8.92. The van der Waals surface area contributed by atoms with Crippen LogP contribution in [0.15, 0.2) is 0 Å². The van der Waals surface area contributed by atoms with Crippen molar-refractivity contribution in [2.24, 2.45) is 0 Å². The molecule has 0 bridgehead atoms. The van der Waals surface area contributed by atoms with Gasteiger partial charge in [-0.15, -0.1) is 0 Å². The predicted octanol–water partition coefficient (Wildman–Crippen LogP) is 0.895. The molecule has 0 atom stereocenters. The summed E-state index contributed by atoms with van der Waals surface area (Å²) < 4.78 is 0. The van der Waals surface area contributed by atoms with Crippen molar-refractivity contribution in [3.05, 3.63) is 0 Å². The van der Waals surface area contributed by atoms with E-state index in [-0.39, 0.29) is 0 Å². The van der Waals surface area contributed by atoms with Gasteiger partial charge in [-0.25, -0.2) is 0 Å². The van der Waals surface area contributed by atoms with Crippen molar-refractivity contribution < 1.29 is 0 Å². The van der Waals surface area contributed by atoms with Crippen molar-refractivity contribution in [1.82, 2.24) is 10.2 Å². The van der Waals surface area contributed by atoms with Gasteiger partial charge in [0.25, 0.3) is 0 Å². The molecule has 0 aromatic rings. The normalized spacial score (nSPS) is 10.7. The summed E-state index contributed by atoms with van der Waals surface area (Å²) in [6.45, 7) is 4.42. The highest BCUT2D eigenvalue weighted by Crippen LogP contribution is 1.88. The van der Waals surface area contributed by atoms with Crippen molar-refractivity contribution >= 4 is 0 Å². The predicted molar refractivity (Wildman–Crippen MR) is 41.5 cm³/mol. The van der Waals surface area contributed by atoms with E-state index in [1.54, 1.807) is 0 Å². The van der Waals surface area contributed by atoms with Crippen molar-refractivity contribution in [1.29, 1.82) is 0 Å². The summed E-state index contributed by atoms with van der Waals surface area (Å²) in [5, 5.41) is 3.10. The van der Waals surface area contributed by atoms with Crippen LogP contribution in [0.1, 0.15) is 19.8 Å². The molecule has 9 heavy (non-hydrogen) atoms. The number of rotatable bonds is 5. The third-order valence-corrected chi connectivity index (χ3v) is 1.32. The second-order valence-electron chi connectivity index (χ2n) is 2.44. The Morgan fingerprint density at radius 2 is 2.11 bits per heavy atom. The van der Waals surface area contributed by atoms with Crippen LogP contribution in [0.25, 0.3) is 0 Å². The first-order chi connectivity index (χ1) is 4.31. The number of hydrogen-bond donors (Lipinski definition) is 1. The Kier molecular flexibility index (Phi) is 5.99. The second-order valence-corrected chi connectivity index (χ2v) is 2.44. The topological polar surface area (TPSA) is 15.3 Å². The van der Waals surface area contributed by atoms with Crippen LogP contribution < -0.4 is 5.32 Å². The Labute approximate surface area is 58.2 Å². The highest BCUT2D eigenvalue weighted by Gasteiger charge is 1.91. The summed E-state index contributed by atoms with van der Waals surface area (Å²) in [6.07, 6.45) is 2.59. The molecule has 0 radical (unpaired) electrons. The zero-order valence-corrected chi connectivity index (χ0v) is 6.78. The Bertz CT molecular complexity index is 54.9. The maximum absolute atomic E-state index is 3.10. The zero-order valence-electron chi connectivity index (χ0n) is 6.78. The highest BCUT2D eigenvalue weighted by molar-refractivity contribution is 4.45. The van der Waals surface area contributed by atoms with E-state index in [1.807, 2.05) is 7.05 Å². The van der Waals surface area contributed by atoms with Gasteiger partial charge in [-0.2, -0.15) is 0 Å². The Hall–Kier alpha value is -0.0800. The number of nitrogens with one attached hydrogen (secondary N) is 1. The van der Waals surface area contributed by atoms with Crippen molar-refractivity contribution in [3.8, 4) is 0 Å². The van der Waals surface area contributed by atoms with Crippen LogP contribution in [0.4, 0.5) is 0 Å². The molecule has 1 N–H and O–H groups in total. The van der Waals surface area contributed by atoms with Gasteiger partial charge in [0.05, 0.1) is 0 Å². The minimum Gasteiger partial charge on any atom is -0.307 e. The molecule has 0 rings (SSSR count). The second kappa shape index (κ2) is 6.05. The van der Waals surface area contributed by atoms with Crippen LogP contribution in [-0.2, 0) is 0 Å². The van der Waals surface area contributed by atoms with Crippen LogP contribution in [0.5, 0.6) is 0 Å². The van der Waals surface area contributed by atoms with Crippen LogP contribution in [0, 0.1) is 0 Å². The maximum atomic E-state index is 3.10. The van der Waals surface area contributed by atoms with Crippen LogP contribution >= 0.6 is 0 Å². The lowest BCUT2D eigenvalue weighted by Gasteiger charge is -2.14. The third kappa shape index (κ3) is 5.80. The lowest BCUT2D eigenvalue weighted by molar-refractivity contribution is 0.312. The molecule has 0 saturated carbocycles. The van der Waals surface area contributed by atoms with Gasteiger partial charge < -0.3 is 5.32 Å². The first-order valence-corrected chi connectivity index (χ1v) is 3.64. The number of unbranched alkanes of at least 4 members (excludes halogenated alkanes) is 1. The molecule has 56 valence electrons. The Morgan fingerprint density at radius 3 is 2.56 bits per heavy atom. The van der Waals surface area contributed by atoms with Crippen molar-refractivity contribution in [2.75, 3.05) is 27.3 Å². The highest BCUT2D eigenvalue weighted by atomic mass is 15.2. The van der Waals surface area contributed by atoms with Gasteiger partial charge >= 0.3 is 0 Å². The molecular formula is C7H18N2. The molecule has 0 unspecified atom stereocenters. The van der Waals surface area contributed by atoms with Gasteiger partial charge in [-0.3, -0.25) is 4.90 Å². The van der Waals surface area contributed by atoms with Gasteiger partial charge in [0.2, 0.25) is 0 Å². The molecule has 0 fully saturated rings. The largest absolute Gasteiger partial charge is 0.307 e. The molecule has 0 saturated heterocycles. The van der Waals surface area contributed by atoms with E-state index >= 15 is 0 Å². The maximum Gasteiger partial charge on any atom is 0.0475 e. The number of nitrogens with zero attached hydrogens (tertiary/aromatic N) is 1. The summed E-state index contributed by atoms with van der Waals surface area (Å²) in [5.74, 6) is 0. The fourth-order valence-corrected chi connectivity index (χ4v) is 0.777. The average molecular weight is 130 g/mol. The van der Waals surface area contributed by atoms with E-state index in [2.05, 4.69) is 24.2 Å². The lowest BCUT2D eigenvalue weighted by atomic mass is 10.3. The van der Waals surface area contributed by atoms with Gasteiger partial charge in [0.15, 0.2) is 0 Å². The SMILES string of the molecule is CCCCN(C)CNC. The summed E-state index contributed by atoms with van der Waals surface area (Å²) >= 11 is 0. The molecule has 0 aliphatic carbocycles. The molecule has 0 amide bonds. The smallest absolute Gasteiger partial charge is 0.0475 e. The lowest BCUT2D eigenvalue weighted by Crippen LogP contribution is -2.29. The fraction of sp³-hybridized carbons (Fsp3) is 1.00. The van der Waals surface area contributed by atoms with Gasteiger partial charge in [0, 0.05) is 6.67 Å². The monoisotopic (exact) mass is 130 g/mol. The quantitative estimate of drug-likeness (QED) is 0.556. The van der Waals surface area contributed by atoms with E-state index in [0.29, 0.717) is 0 Å². The van der Waals surface area contributed by atoms with Crippen LogP contribution in [0.3, 0.4) is 0 Å². The van der Waals surface area contributed by atoms with E-state index in [1.165, 1.54) is 19.4 Å². The summed E-state index contributed by atoms with van der Waals surface area (Å²) in [6, 6.07) is 0. The fourth-order valence-electron chi connectivity index (χ4n) is 0.777. The molecule has 0 aliphatic rings. The van der Waals surface area contributed by atoms with Crippen molar-refractivity contribution in [2.45, 2.75) is 19.8 Å². The molecule has 0 spiro atoms. The molecule has 0 aliphatic heterocycles.